The van der Waals surface area contributed by atoms with Crippen molar-refractivity contribution in [3.05, 3.63) is 23.9 Å². The van der Waals surface area contributed by atoms with Gasteiger partial charge in [-0.05, 0) is 37.4 Å². The molecule has 3 fully saturated rings. The fourth-order valence-corrected chi connectivity index (χ4v) is 2.80. The Hall–Kier alpha value is -1.13. The molecule has 2 N–H and O–H groups in total. The molecule has 0 radical (unpaired) electrons. The maximum atomic E-state index is 6.00. The topological polar surface area (TPSA) is 51.4 Å². The smallest absolute Gasteiger partial charge is 0.213 e. The van der Waals surface area contributed by atoms with Crippen LogP contribution in [0.25, 0.3) is 0 Å². The van der Waals surface area contributed by atoms with E-state index in [1.165, 1.54) is 25.9 Å². The van der Waals surface area contributed by atoms with Gasteiger partial charge in [-0.25, -0.2) is 4.98 Å². The maximum Gasteiger partial charge on any atom is 0.213 e. The van der Waals surface area contributed by atoms with Gasteiger partial charge in [0.15, 0.2) is 0 Å². The van der Waals surface area contributed by atoms with E-state index < -0.39 is 0 Å². The van der Waals surface area contributed by atoms with Crippen LogP contribution in [-0.2, 0) is 6.54 Å². The average molecular weight is 233 g/mol. The third kappa shape index (κ3) is 2.28. The molecule has 0 unspecified atom stereocenters. The van der Waals surface area contributed by atoms with Crippen LogP contribution in [0, 0.1) is 5.92 Å². The van der Waals surface area contributed by atoms with E-state index in [9.17, 15) is 0 Å². The van der Waals surface area contributed by atoms with Crippen LogP contribution in [0.5, 0.6) is 5.88 Å². The maximum absolute atomic E-state index is 6.00. The van der Waals surface area contributed by atoms with Crippen molar-refractivity contribution in [2.45, 2.75) is 25.5 Å². The summed E-state index contributed by atoms with van der Waals surface area (Å²) in [7, 11) is 0. The van der Waals surface area contributed by atoms with Crippen LogP contribution in [0.4, 0.5) is 0 Å². The predicted octanol–water partition coefficient (Wildman–Crippen LogP) is 1.01. The van der Waals surface area contributed by atoms with Gasteiger partial charge in [-0.1, -0.05) is 6.07 Å². The molecule has 17 heavy (non-hydrogen) atoms. The Morgan fingerprint density at radius 2 is 2.18 bits per heavy atom. The highest BCUT2D eigenvalue weighted by Crippen LogP contribution is 2.30. The number of hydrogen-bond donors (Lipinski definition) is 1. The Morgan fingerprint density at radius 3 is 2.71 bits per heavy atom. The lowest BCUT2D eigenvalue weighted by molar-refractivity contribution is -0.00994. The van der Waals surface area contributed by atoms with E-state index in [-0.39, 0.29) is 0 Å². The average Bonchev–Trinajstić information content (AvgIpc) is 2.41. The van der Waals surface area contributed by atoms with Gasteiger partial charge in [0.25, 0.3) is 0 Å². The van der Waals surface area contributed by atoms with Crippen molar-refractivity contribution < 1.29 is 4.74 Å². The van der Waals surface area contributed by atoms with Crippen molar-refractivity contribution >= 4 is 0 Å². The normalized spacial score (nSPS) is 31.5. The molecule has 1 atom stereocenters. The standard InChI is InChI=1S/C13H19N3O/c14-7-10-1-2-13(15-8-10)17-12-9-16-5-3-11(12)4-6-16/h1-2,8,11-12H,3-7,9,14H2/t12-/m0/s1. The summed E-state index contributed by atoms with van der Waals surface area (Å²) < 4.78 is 6.00. The molecule has 1 aromatic rings. The second-order valence-corrected chi connectivity index (χ2v) is 5.00. The molecule has 4 rings (SSSR count). The van der Waals surface area contributed by atoms with E-state index in [0.717, 1.165) is 23.9 Å². The van der Waals surface area contributed by atoms with Crippen LogP contribution < -0.4 is 10.5 Å². The van der Waals surface area contributed by atoms with Gasteiger partial charge in [-0.2, -0.15) is 0 Å². The molecule has 3 aliphatic rings. The van der Waals surface area contributed by atoms with Crippen molar-refractivity contribution in [2.24, 2.45) is 11.7 Å². The van der Waals surface area contributed by atoms with Gasteiger partial charge in [-0.15, -0.1) is 0 Å². The highest BCUT2D eigenvalue weighted by atomic mass is 16.5. The zero-order chi connectivity index (χ0) is 11.7. The third-order valence-corrected chi connectivity index (χ3v) is 3.90. The molecule has 4 heterocycles. The molecule has 92 valence electrons. The molecule has 2 bridgehead atoms. The molecule has 0 amide bonds. The Morgan fingerprint density at radius 1 is 1.35 bits per heavy atom. The molecule has 3 aliphatic heterocycles. The lowest BCUT2D eigenvalue weighted by Gasteiger charge is -2.44. The van der Waals surface area contributed by atoms with Gasteiger partial charge in [0.1, 0.15) is 6.10 Å². The summed E-state index contributed by atoms with van der Waals surface area (Å²) in [5.41, 5.74) is 6.59. The van der Waals surface area contributed by atoms with E-state index in [1.807, 2.05) is 12.1 Å². The van der Waals surface area contributed by atoms with Gasteiger partial charge in [0.05, 0.1) is 0 Å². The summed E-state index contributed by atoms with van der Waals surface area (Å²) in [6, 6.07) is 3.92. The third-order valence-electron chi connectivity index (χ3n) is 3.90. The van der Waals surface area contributed by atoms with Crippen LogP contribution in [0.15, 0.2) is 18.3 Å². The minimum atomic E-state index is 0.328. The molecule has 3 saturated heterocycles. The van der Waals surface area contributed by atoms with Gasteiger partial charge in [0, 0.05) is 25.4 Å². The zero-order valence-corrected chi connectivity index (χ0v) is 10.0. The van der Waals surface area contributed by atoms with Crippen LogP contribution in [-0.4, -0.2) is 35.6 Å². The molecular formula is C13H19N3O. The number of rotatable bonds is 3. The Labute approximate surface area is 102 Å². The van der Waals surface area contributed by atoms with Gasteiger partial charge in [-0.3, -0.25) is 4.90 Å². The largest absolute Gasteiger partial charge is 0.473 e. The summed E-state index contributed by atoms with van der Waals surface area (Å²) >= 11 is 0. The zero-order valence-electron chi connectivity index (χ0n) is 10.0. The number of piperidine rings is 3. The number of nitrogens with two attached hydrogens (primary N) is 1. The number of hydrogen-bond acceptors (Lipinski definition) is 4. The summed E-state index contributed by atoms with van der Waals surface area (Å²) in [6.45, 7) is 4.08. The fourth-order valence-electron chi connectivity index (χ4n) is 2.80. The Bertz CT molecular complexity index is 371. The van der Waals surface area contributed by atoms with Gasteiger partial charge in [0.2, 0.25) is 5.88 Å². The SMILES string of the molecule is NCc1ccc(O[C@H]2CN3CCC2CC3)nc1. The van der Waals surface area contributed by atoms with E-state index >= 15 is 0 Å². The van der Waals surface area contributed by atoms with E-state index in [0.29, 0.717) is 12.6 Å². The molecular weight excluding hydrogens is 214 g/mol. The van der Waals surface area contributed by atoms with Crippen LogP contribution >= 0.6 is 0 Å². The minimum Gasteiger partial charge on any atom is -0.473 e. The van der Waals surface area contributed by atoms with Crippen LogP contribution in [0.3, 0.4) is 0 Å². The second-order valence-electron chi connectivity index (χ2n) is 5.00. The van der Waals surface area contributed by atoms with Crippen molar-refractivity contribution in [3.8, 4) is 5.88 Å². The van der Waals surface area contributed by atoms with Crippen molar-refractivity contribution in [2.75, 3.05) is 19.6 Å². The van der Waals surface area contributed by atoms with Crippen LogP contribution in [0.1, 0.15) is 18.4 Å². The van der Waals surface area contributed by atoms with Crippen molar-refractivity contribution in [1.82, 2.24) is 9.88 Å². The highest BCUT2D eigenvalue weighted by Gasteiger charge is 2.35. The Balaban J connectivity index is 1.66. The lowest BCUT2D eigenvalue weighted by Crippen LogP contribution is -2.52. The molecule has 4 heteroatoms. The number of nitrogens with zero attached hydrogens (tertiary/aromatic N) is 2. The number of pyridine rings is 1. The number of fused-ring (bicyclic) bond motifs is 3. The summed E-state index contributed by atoms with van der Waals surface area (Å²) in [5, 5.41) is 0. The minimum absolute atomic E-state index is 0.328. The van der Waals surface area contributed by atoms with Crippen LogP contribution in [0.2, 0.25) is 0 Å². The first-order valence-corrected chi connectivity index (χ1v) is 6.39. The number of ether oxygens (including phenoxy) is 1. The predicted molar refractivity (Wildman–Crippen MR) is 65.7 cm³/mol. The molecule has 0 aromatic carbocycles. The van der Waals surface area contributed by atoms with Gasteiger partial charge >= 0.3 is 0 Å². The van der Waals surface area contributed by atoms with Crippen molar-refractivity contribution in [1.29, 1.82) is 0 Å². The lowest BCUT2D eigenvalue weighted by atomic mass is 9.86. The molecule has 0 spiro atoms. The monoisotopic (exact) mass is 233 g/mol. The number of aromatic nitrogens is 1. The van der Waals surface area contributed by atoms with E-state index in [1.54, 1.807) is 6.20 Å². The Kier molecular flexibility index (Phi) is 2.99. The molecule has 4 nitrogen and oxygen atoms in total. The first-order valence-electron chi connectivity index (χ1n) is 6.39. The summed E-state index contributed by atoms with van der Waals surface area (Å²) in [5.74, 6) is 1.46. The summed E-state index contributed by atoms with van der Waals surface area (Å²) in [4.78, 5) is 6.79. The molecule has 0 aliphatic carbocycles. The second kappa shape index (κ2) is 4.63. The van der Waals surface area contributed by atoms with Gasteiger partial charge < -0.3 is 10.5 Å². The molecule has 0 saturated carbocycles. The van der Waals surface area contributed by atoms with E-state index in [2.05, 4.69) is 9.88 Å². The summed E-state index contributed by atoms with van der Waals surface area (Å²) in [6.07, 6.45) is 4.67. The van der Waals surface area contributed by atoms with E-state index in [4.69, 9.17) is 10.5 Å². The quantitative estimate of drug-likeness (QED) is 0.846. The van der Waals surface area contributed by atoms with Crippen molar-refractivity contribution in [3.63, 3.8) is 0 Å². The molecule has 1 aromatic heterocycles. The fraction of sp³-hybridized carbons (Fsp3) is 0.615. The first-order chi connectivity index (χ1) is 8.35. The highest BCUT2D eigenvalue weighted by molar-refractivity contribution is 5.18. The first kappa shape index (κ1) is 11.0.